The Bertz CT molecular complexity index is 1310. The van der Waals surface area contributed by atoms with Crippen LogP contribution in [0.15, 0.2) is 73.2 Å². The molecule has 1 fully saturated rings. The number of aromatic nitrogens is 6. The van der Waals surface area contributed by atoms with Gasteiger partial charge >= 0.3 is 0 Å². The molecule has 0 saturated carbocycles. The number of benzene rings is 2. The molecule has 2 aromatic carbocycles. The van der Waals surface area contributed by atoms with Crippen LogP contribution in [0.25, 0.3) is 11.3 Å². The largest absolute Gasteiger partial charge is 0.330 e. The lowest BCUT2D eigenvalue weighted by molar-refractivity contribution is -0.138. The molecule has 2 aromatic heterocycles. The summed E-state index contributed by atoms with van der Waals surface area (Å²) in [6.07, 6.45) is 4.65. The summed E-state index contributed by atoms with van der Waals surface area (Å²) in [5, 5.41) is 14.9. The molecule has 4 aromatic rings. The summed E-state index contributed by atoms with van der Waals surface area (Å²) >= 11 is 0. The average Bonchev–Trinajstić information content (AvgIpc) is 3.68. The number of carbonyl (C=O) groups excluding carboxylic acids is 1. The molecule has 198 valence electrons. The van der Waals surface area contributed by atoms with E-state index in [2.05, 4.69) is 88.8 Å². The molecule has 1 N–H and O–H groups in total. The predicted molar refractivity (Wildman–Crippen MR) is 146 cm³/mol. The van der Waals surface area contributed by atoms with Crippen LogP contribution in [0.2, 0.25) is 0 Å². The quantitative estimate of drug-likeness (QED) is 0.367. The Morgan fingerprint density at radius 3 is 2.47 bits per heavy atom. The molecule has 9 heteroatoms. The van der Waals surface area contributed by atoms with Crippen molar-refractivity contribution >= 4 is 5.91 Å². The van der Waals surface area contributed by atoms with Crippen molar-refractivity contribution in [2.24, 2.45) is 11.3 Å². The first-order chi connectivity index (χ1) is 18.4. The molecule has 1 aliphatic rings. The van der Waals surface area contributed by atoms with E-state index in [-0.39, 0.29) is 23.9 Å². The highest BCUT2D eigenvalue weighted by Crippen LogP contribution is 2.40. The highest BCUT2D eigenvalue weighted by atomic mass is 16.2. The molecule has 2 atom stereocenters. The van der Waals surface area contributed by atoms with Crippen molar-refractivity contribution < 1.29 is 4.79 Å². The maximum atomic E-state index is 14.0. The standard InChI is InChI=1S/C29H36N8O/c1-29(2,3)27(37(18-23-14-15-30-16-23)26(38)20-36-21-31-33-34-36)28-32-25(24-12-8-5-9-13-24)19-35(28)17-22-10-6-4-7-11-22/h4-13,19,21,23,27,30H,14-18,20H2,1-3H3/t23?,27-/m0/s1. The number of carbonyl (C=O) groups is 1. The predicted octanol–water partition coefficient (Wildman–Crippen LogP) is 3.81. The fraction of sp³-hybridized carbons (Fsp3) is 0.414. The van der Waals surface area contributed by atoms with Gasteiger partial charge in [0.25, 0.3) is 0 Å². The zero-order chi connectivity index (χ0) is 26.5. The third kappa shape index (κ3) is 5.99. The second kappa shape index (κ2) is 11.3. The molecule has 38 heavy (non-hydrogen) atoms. The van der Waals surface area contributed by atoms with E-state index in [0.717, 1.165) is 36.6 Å². The smallest absolute Gasteiger partial charge is 0.245 e. The van der Waals surface area contributed by atoms with Gasteiger partial charge in [0.15, 0.2) is 0 Å². The van der Waals surface area contributed by atoms with Crippen molar-refractivity contribution in [1.29, 1.82) is 0 Å². The number of imidazole rings is 1. The Labute approximate surface area is 223 Å². The van der Waals surface area contributed by atoms with E-state index in [9.17, 15) is 4.79 Å². The molecule has 0 radical (unpaired) electrons. The van der Waals surface area contributed by atoms with Crippen LogP contribution < -0.4 is 5.32 Å². The second-order valence-corrected chi connectivity index (χ2v) is 11.1. The Morgan fingerprint density at radius 1 is 1.11 bits per heavy atom. The first kappa shape index (κ1) is 25.8. The van der Waals surface area contributed by atoms with Crippen molar-refractivity contribution in [3.05, 3.63) is 84.6 Å². The molecule has 1 aliphatic heterocycles. The minimum absolute atomic E-state index is 0.0142. The van der Waals surface area contributed by atoms with Gasteiger partial charge in [-0.3, -0.25) is 4.79 Å². The molecular formula is C29H36N8O. The lowest BCUT2D eigenvalue weighted by atomic mass is 9.84. The molecule has 9 nitrogen and oxygen atoms in total. The van der Waals surface area contributed by atoms with Gasteiger partial charge in [-0.05, 0) is 46.8 Å². The summed E-state index contributed by atoms with van der Waals surface area (Å²) < 4.78 is 3.71. The summed E-state index contributed by atoms with van der Waals surface area (Å²) in [6.45, 7) is 9.84. The molecule has 1 amide bonds. The Balaban J connectivity index is 1.59. The van der Waals surface area contributed by atoms with Crippen molar-refractivity contribution in [1.82, 2.24) is 40.0 Å². The van der Waals surface area contributed by atoms with Crippen LogP contribution in [0.5, 0.6) is 0 Å². The molecule has 5 rings (SSSR count). The number of hydrogen-bond acceptors (Lipinski definition) is 6. The first-order valence-corrected chi connectivity index (χ1v) is 13.3. The highest BCUT2D eigenvalue weighted by Gasteiger charge is 2.39. The molecule has 1 unspecified atom stereocenters. The van der Waals surface area contributed by atoms with Crippen molar-refractivity contribution in [3.8, 4) is 11.3 Å². The van der Waals surface area contributed by atoms with Crippen molar-refractivity contribution in [3.63, 3.8) is 0 Å². The maximum absolute atomic E-state index is 14.0. The van der Waals surface area contributed by atoms with Crippen LogP contribution in [0, 0.1) is 11.3 Å². The van der Waals surface area contributed by atoms with Crippen LogP contribution in [0.3, 0.4) is 0 Å². The van der Waals surface area contributed by atoms with E-state index in [1.165, 1.54) is 16.6 Å². The maximum Gasteiger partial charge on any atom is 0.245 e. The van der Waals surface area contributed by atoms with Gasteiger partial charge in [-0.1, -0.05) is 81.4 Å². The molecule has 0 aliphatic carbocycles. The fourth-order valence-corrected chi connectivity index (χ4v) is 5.28. The number of nitrogens with zero attached hydrogens (tertiary/aromatic N) is 7. The zero-order valence-electron chi connectivity index (χ0n) is 22.4. The third-order valence-electron chi connectivity index (χ3n) is 7.08. The van der Waals surface area contributed by atoms with E-state index in [4.69, 9.17) is 4.98 Å². The number of nitrogens with one attached hydrogen (secondary N) is 1. The Hall–Kier alpha value is -3.85. The average molecular weight is 513 g/mol. The van der Waals surface area contributed by atoms with Gasteiger partial charge < -0.3 is 14.8 Å². The summed E-state index contributed by atoms with van der Waals surface area (Å²) in [5.41, 5.74) is 2.86. The minimum atomic E-state index is -0.282. The van der Waals surface area contributed by atoms with Crippen LogP contribution in [-0.2, 0) is 17.9 Å². The molecule has 3 heterocycles. The zero-order valence-corrected chi connectivity index (χ0v) is 22.4. The molecule has 0 spiro atoms. The topological polar surface area (TPSA) is 93.8 Å². The number of amides is 1. The van der Waals surface area contributed by atoms with E-state index < -0.39 is 0 Å². The van der Waals surface area contributed by atoms with Gasteiger partial charge in [0.2, 0.25) is 5.91 Å². The van der Waals surface area contributed by atoms with Crippen LogP contribution >= 0.6 is 0 Å². The third-order valence-corrected chi connectivity index (χ3v) is 7.08. The first-order valence-electron chi connectivity index (χ1n) is 13.3. The van der Waals surface area contributed by atoms with E-state index >= 15 is 0 Å². The van der Waals surface area contributed by atoms with Gasteiger partial charge in [-0.2, -0.15) is 0 Å². The highest BCUT2D eigenvalue weighted by molar-refractivity contribution is 5.76. The summed E-state index contributed by atoms with van der Waals surface area (Å²) in [4.78, 5) is 21.2. The number of rotatable bonds is 9. The van der Waals surface area contributed by atoms with Crippen molar-refractivity contribution in [2.45, 2.75) is 46.3 Å². The fourth-order valence-electron chi connectivity index (χ4n) is 5.28. The van der Waals surface area contributed by atoms with Gasteiger partial charge in [0, 0.05) is 24.8 Å². The van der Waals surface area contributed by atoms with Gasteiger partial charge in [0.05, 0.1) is 11.7 Å². The number of tetrazole rings is 1. The summed E-state index contributed by atoms with van der Waals surface area (Å²) in [7, 11) is 0. The SMILES string of the molecule is CC(C)(C)[C@H](c1nc(-c2ccccc2)cn1Cc1ccccc1)N(CC1CCNC1)C(=O)Cn1cnnn1. The molecular weight excluding hydrogens is 476 g/mol. The van der Waals surface area contributed by atoms with Gasteiger partial charge in [0.1, 0.15) is 18.7 Å². The van der Waals surface area contributed by atoms with E-state index in [1.54, 1.807) is 0 Å². The minimum Gasteiger partial charge on any atom is -0.330 e. The van der Waals surface area contributed by atoms with Crippen LogP contribution in [-0.4, -0.2) is 60.2 Å². The summed E-state index contributed by atoms with van der Waals surface area (Å²) in [5.74, 6) is 1.25. The summed E-state index contributed by atoms with van der Waals surface area (Å²) in [6, 6.07) is 20.4. The van der Waals surface area contributed by atoms with Gasteiger partial charge in [-0.15, -0.1) is 5.10 Å². The second-order valence-electron chi connectivity index (χ2n) is 11.1. The van der Waals surface area contributed by atoms with E-state index in [1.807, 2.05) is 29.2 Å². The lowest BCUT2D eigenvalue weighted by Crippen LogP contribution is -2.46. The van der Waals surface area contributed by atoms with Crippen LogP contribution in [0.1, 0.15) is 44.6 Å². The molecule has 1 saturated heterocycles. The Kier molecular flexibility index (Phi) is 7.64. The number of hydrogen-bond donors (Lipinski definition) is 1. The van der Waals surface area contributed by atoms with Crippen molar-refractivity contribution in [2.75, 3.05) is 19.6 Å². The van der Waals surface area contributed by atoms with Crippen LogP contribution in [0.4, 0.5) is 0 Å². The van der Waals surface area contributed by atoms with E-state index in [0.29, 0.717) is 19.0 Å². The lowest BCUT2D eigenvalue weighted by Gasteiger charge is -2.41. The normalized spacial score (nSPS) is 16.4. The van der Waals surface area contributed by atoms with Gasteiger partial charge in [-0.25, -0.2) is 9.67 Å². The monoisotopic (exact) mass is 512 g/mol. The molecule has 0 bridgehead atoms. The Morgan fingerprint density at radius 2 is 1.84 bits per heavy atom.